The first kappa shape index (κ1) is 15.2. The highest BCUT2D eigenvalue weighted by atomic mass is 16.5. The number of aliphatic hydroxyl groups excluding tert-OH is 1. The molecule has 0 bridgehead atoms. The van der Waals surface area contributed by atoms with E-state index in [1.807, 2.05) is 37.3 Å². The average Bonchev–Trinajstić information content (AvgIpc) is 2.59. The van der Waals surface area contributed by atoms with E-state index in [0.717, 1.165) is 16.7 Å². The van der Waals surface area contributed by atoms with Crippen LogP contribution in [0.3, 0.4) is 0 Å². The molecule has 1 aromatic carbocycles. The number of aromatic nitrogens is 3. The molecular weight excluding hydrogens is 292 g/mol. The van der Waals surface area contributed by atoms with Crippen molar-refractivity contribution in [2.75, 3.05) is 19.0 Å². The molecule has 2 N–H and O–H groups in total. The summed E-state index contributed by atoms with van der Waals surface area (Å²) >= 11 is 0. The Morgan fingerprint density at radius 1 is 1.22 bits per heavy atom. The lowest BCUT2D eigenvalue weighted by Gasteiger charge is -2.14. The second-order valence-electron chi connectivity index (χ2n) is 5.15. The number of benzene rings is 1. The zero-order chi connectivity index (χ0) is 16.2. The molecule has 0 spiro atoms. The topological polar surface area (TPSA) is 80.2 Å². The molecule has 0 unspecified atom stereocenters. The third kappa shape index (κ3) is 3.37. The molecular formula is C17H18N4O2. The molecule has 6 nitrogen and oxygen atoms in total. The largest absolute Gasteiger partial charge is 0.497 e. The minimum Gasteiger partial charge on any atom is -0.497 e. The van der Waals surface area contributed by atoms with Crippen LogP contribution in [0, 0.1) is 6.92 Å². The molecule has 0 saturated heterocycles. The molecule has 23 heavy (non-hydrogen) atoms. The third-order valence-corrected chi connectivity index (χ3v) is 3.51. The summed E-state index contributed by atoms with van der Waals surface area (Å²) in [5.41, 5.74) is 1.45. The van der Waals surface area contributed by atoms with Crippen LogP contribution < -0.4 is 10.1 Å². The number of hydrogen-bond donors (Lipinski definition) is 2. The zero-order valence-corrected chi connectivity index (χ0v) is 13.0. The van der Waals surface area contributed by atoms with Crippen LogP contribution in [0.4, 0.5) is 5.82 Å². The predicted molar refractivity (Wildman–Crippen MR) is 88.5 cm³/mol. The van der Waals surface area contributed by atoms with Crippen molar-refractivity contribution in [1.29, 1.82) is 0 Å². The van der Waals surface area contributed by atoms with Gasteiger partial charge >= 0.3 is 0 Å². The molecule has 1 atom stereocenters. The minimum absolute atomic E-state index is 0.305. The van der Waals surface area contributed by atoms with Crippen molar-refractivity contribution in [2.45, 2.75) is 13.0 Å². The van der Waals surface area contributed by atoms with Crippen molar-refractivity contribution in [3.05, 3.63) is 54.1 Å². The number of fused-ring (bicyclic) bond motifs is 1. The molecule has 6 heteroatoms. The maximum absolute atomic E-state index is 10.2. The third-order valence-electron chi connectivity index (χ3n) is 3.51. The fourth-order valence-electron chi connectivity index (χ4n) is 2.36. The number of anilines is 1. The zero-order valence-electron chi connectivity index (χ0n) is 13.0. The Bertz CT molecular complexity index is 808. The van der Waals surface area contributed by atoms with E-state index in [1.165, 1.54) is 0 Å². The van der Waals surface area contributed by atoms with Crippen LogP contribution in [0.5, 0.6) is 5.75 Å². The molecule has 0 radical (unpaired) electrons. The van der Waals surface area contributed by atoms with Gasteiger partial charge < -0.3 is 15.2 Å². The highest BCUT2D eigenvalue weighted by molar-refractivity contribution is 5.90. The monoisotopic (exact) mass is 310 g/mol. The first-order valence-electron chi connectivity index (χ1n) is 7.32. The van der Waals surface area contributed by atoms with Crippen LogP contribution >= 0.6 is 0 Å². The van der Waals surface area contributed by atoms with E-state index in [0.29, 0.717) is 23.9 Å². The smallest absolute Gasteiger partial charge is 0.137 e. The van der Waals surface area contributed by atoms with Crippen molar-refractivity contribution in [3.8, 4) is 5.75 Å². The molecule has 0 aliphatic rings. The number of aryl methyl sites for hydroxylation is 1. The van der Waals surface area contributed by atoms with Crippen LogP contribution in [-0.4, -0.2) is 33.7 Å². The van der Waals surface area contributed by atoms with E-state index in [1.54, 1.807) is 19.4 Å². The predicted octanol–water partition coefficient (Wildman–Crippen LogP) is 2.49. The first-order chi connectivity index (χ1) is 11.2. The Labute approximate surface area is 134 Å². The maximum Gasteiger partial charge on any atom is 0.137 e. The van der Waals surface area contributed by atoms with Crippen molar-refractivity contribution in [1.82, 2.24) is 15.0 Å². The number of nitrogens with one attached hydrogen (secondary N) is 1. The van der Waals surface area contributed by atoms with Gasteiger partial charge in [-0.05, 0) is 37.3 Å². The summed E-state index contributed by atoms with van der Waals surface area (Å²) in [5, 5.41) is 14.3. The quantitative estimate of drug-likeness (QED) is 0.753. The fraction of sp³-hybridized carbons (Fsp3) is 0.235. The summed E-state index contributed by atoms with van der Waals surface area (Å²) in [6.45, 7) is 2.14. The van der Waals surface area contributed by atoms with E-state index < -0.39 is 6.10 Å². The number of aliphatic hydroxyl groups is 1. The van der Waals surface area contributed by atoms with E-state index in [2.05, 4.69) is 20.3 Å². The van der Waals surface area contributed by atoms with Crippen molar-refractivity contribution < 1.29 is 9.84 Å². The van der Waals surface area contributed by atoms with Gasteiger partial charge in [0.25, 0.3) is 0 Å². The number of rotatable bonds is 5. The minimum atomic E-state index is -0.716. The van der Waals surface area contributed by atoms with Gasteiger partial charge in [-0.2, -0.15) is 0 Å². The van der Waals surface area contributed by atoms with Crippen molar-refractivity contribution in [2.24, 2.45) is 0 Å². The molecule has 0 saturated carbocycles. The Kier molecular flexibility index (Phi) is 4.34. The summed E-state index contributed by atoms with van der Waals surface area (Å²) in [5.74, 6) is 2.07. The fourth-order valence-corrected chi connectivity index (χ4v) is 2.36. The number of nitrogens with zero attached hydrogens (tertiary/aromatic N) is 3. The normalized spacial score (nSPS) is 12.1. The second kappa shape index (κ2) is 6.58. The number of pyridine rings is 1. The van der Waals surface area contributed by atoms with Gasteiger partial charge in [0.2, 0.25) is 0 Å². The van der Waals surface area contributed by atoms with Gasteiger partial charge in [0.1, 0.15) is 23.5 Å². The summed E-state index contributed by atoms with van der Waals surface area (Å²) in [4.78, 5) is 13.0. The molecule has 0 aliphatic heterocycles. The first-order valence-corrected chi connectivity index (χ1v) is 7.32. The van der Waals surface area contributed by atoms with Gasteiger partial charge in [-0.25, -0.2) is 9.97 Å². The highest BCUT2D eigenvalue weighted by Crippen LogP contribution is 2.25. The summed E-state index contributed by atoms with van der Waals surface area (Å²) < 4.78 is 5.26. The lowest BCUT2D eigenvalue weighted by molar-refractivity contribution is 0.186. The van der Waals surface area contributed by atoms with Crippen LogP contribution in [0.2, 0.25) is 0 Å². The lowest BCUT2D eigenvalue weighted by Crippen LogP contribution is -2.14. The van der Waals surface area contributed by atoms with Gasteiger partial charge in [-0.3, -0.25) is 4.98 Å². The van der Waals surface area contributed by atoms with Crippen LogP contribution in [-0.2, 0) is 0 Å². The molecule has 2 aromatic heterocycles. The molecule has 118 valence electrons. The van der Waals surface area contributed by atoms with Gasteiger partial charge in [0.05, 0.1) is 18.3 Å². The highest BCUT2D eigenvalue weighted by Gasteiger charge is 2.11. The summed E-state index contributed by atoms with van der Waals surface area (Å²) in [6.07, 6.45) is 0.945. The van der Waals surface area contributed by atoms with E-state index >= 15 is 0 Å². The molecule has 2 heterocycles. The van der Waals surface area contributed by atoms with Crippen LogP contribution in [0.25, 0.3) is 10.9 Å². The maximum atomic E-state index is 10.2. The summed E-state index contributed by atoms with van der Waals surface area (Å²) in [7, 11) is 1.62. The van der Waals surface area contributed by atoms with E-state index in [9.17, 15) is 5.11 Å². The van der Waals surface area contributed by atoms with Gasteiger partial charge in [-0.1, -0.05) is 6.07 Å². The van der Waals surface area contributed by atoms with Gasteiger partial charge in [0, 0.05) is 18.1 Å². The SMILES string of the molecule is COc1ccc2nc(C)nc(NC[C@@H](O)c3ccccn3)c2c1. The summed E-state index contributed by atoms with van der Waals surface area (Å²) in [6, 6.07) is 11.1. The Morgan fingerprint density at radius 3 is 2.83 bits per heavy atom. The number of ether oxygens (including phenoxy) is 1. The van der Waals surface area contributed by atoms with Crippen molar-refractivity contribution in [3.63, 3.8) is 0 Å². The van der Waals surface area contributed by atoms with E-state index in [4.69, 9.17) is 4.74 Å². The van der Waals surface area contributed by atoms with Gasteiger partial charge in [-0.15, -0.1) is 0 Å². The number of hydrogen-bond acceptors (Lipinski definition) is 6. The Hall–Kier alpha value is -2.73. The molecule has 3 rings (SSSR count). The number of methoxy groups -OCH3 is 1. The molecule has 3 aromatic rings. The van der Waals surface area contributed by atoms with E-state index in [-0.39, 0.29) is 0 Å². The lowest BCUT2D eigenvalue weighted by atomic mass is 10.2. The standard InChI is InChI=1S/C17H18N4O2/c1-11-20-14-7-6-12(23-2)9-13(14)17(21-11)19-10-16(22)15-5-3-4-8-18-15/h3-9,16,22H,10H2,1-2H3,(H,19,20,21)/t16-/m1/s1. The van der Waals surface area contributed by atoms with Crippen LogP contribution in [0.15, 0.2) is 42.6 Å². The molecule has 0 amide bonds. The molecule has 0 aliphatic carbocycles. The second-order valence-corrected chi connectivity index (χ2v) is 5.15. The Balaban J connectivity index is 1.87. The molecule has 0 fully saturated rings. The Morgan fingerprint density at radius 2 is 2.09 bits per heavy atom. The average molecular weight is 310 g/mol. The van der Waals surface area contributed by atoms with Gasteiger partial charge in [0.15, 0.2) is 0 Å². The van der Waals surface area contributed by atoms with Crippen LogP contribution in [0.1, 0.15) is 17.6 Å². The van der Waals surface area contributed by atoms with Crippen molar-refractivity contribution >= 4 is 16.7 Å².